The summed E-state index contributed by atoms with van der Waals surface area (Å²) in [5.74, 6) is 0. The monoisotopic (exact) mass is 393 g/mol. The van der Waals surface area contributed by atoms with E-state index in [1.807, 2.05) is 53.6 Å². The van der Waals surface area contributed by atoms with E-state index in [1.54, 1.807) is 0 Å². The topological polar surface area (TPSA) is 80.5 Å². The molecule has 2 aromatic heterocycles. The molecular formula is C25H23N5. The van der Waals surface area contributed by atoms with Gasteiger partial charge >= 0.3 is 0 Å². The van der Waals surface area contributed by atoms with E-state index in [4.69, 9.17) is 5.73 Å². The summed E-state index contributed by atoms with van der Waals surface area (Å²) in [4.78, 5) is 9.20. The van der Waals surface area contributed by atoms with Crippen molar-refractivity contribution in [2.75, 3.05) is 6.54 Å². The van der Waals surface area contributed by atoms with E-state index in [-0.39, 0.29) is 0 Å². The second-order valence-electron chi connectivity index (χ2n) is 7.37. The highest BCUT2D eigenvalue weighted by molar-refractivity contribution is 5.65. The molecule has 0 amide bonds. The third-order valence-corrected chi connectivity index (χ3v) is 5.07. The van der Waals surface area contributed by atoms with E-state index in [0.29, 0.717) is 18.7 Å². The van der Waals surface area contributed by atoms with Crippen LogP contribution >= 0.6 is 0 Å². The summed E-state index contributed by atoms with van der Waals surface area (Å²) >= 11 is 0. The molecule has 4 aromatic rings. The SMILES string of the molecule is Cc1cccc(-c2cn(Cc3cc(C#N)ccc3-c3ccc(CCN)cn3)cn2)c1. The lowest BCUT2D eigenvalue weighted by Gasteiger charge is -2.11. The molecule has 0 radical (unpaired) electrons. The highest BCUT2D eigenvalue weighted by atomic mass is 15.0. The van der Waals surface area contributed by atoms with Crippen molar-refractivity contribution in [1.82, 2.24) is 14.5 Å². The molecule has 2 aromatic carbocycles. The van der Waals surface area contributed by atoms with Gasteiger partial charge < -0.3 is 10.3 Å². The van der Waals surface area contributed by atoms with Crippen molar-refractivity contribution in [1.29, 1.82) is 5.26 Å². The predicted octanol–water partition coefficient (Wildman–Crippen LogP) is 4.34. The molecule has 0 atom stereocenters. The van der Waals surface area contributed by atoms with Gasteiger partial charge in [-0.2, -0.15) is 5.26 Å². The minimum Gasteiger partial charge on any atom is -0.332 e. The Labute approximate surface area is 176 Å². The molecule has 0 aliphatic rings. The Morgan fingerprint density at radius 3 is 2.67 bits per heavy atom. The molecule has 0 saturated heterocycles. The highest BCUT2D eigenvalue weighted by Crippen LogP contribution is 2.25. The van der Waals surface area contributed by atoms with Gasteiger partial charge in [0.15, 0.2) is 0 Å². The van der Waals surface area contributed by atoms with E-state index in [0.717, 1.165) is 40.1 Å². The van der Waals surface area contributed by atoms with Crippen LogP contribution in [0.2, 0.25) is 0 Å². The first-order chi connectivity index (χ1) is 14.7. The van der Waals surface area contributed by atoms with Crippen molar-refractivity contribution in [3.63, 3.8) is 0 Å². The van der Waals surface area contributed by atoms with Gasteiger partial charge in [0.25, 0.3) is 0 Å². The van der Waals surface area contributed by atoms with E-state index >= 15 is 0 Å². The Bertz CT molecular complexity index is 1200. The molecule has 148 valence electrons. The maximum Gasteiger partial charge on any atom is 0.0991 e. The van der Waals surface area contributed by atoms with Gasteiger partial charge in [-0.05, 0) is 55.3 Å². The van der Waals surface area contributed by atoms with Crippen LogP contribution in [0.4, 0.5) is 0 Å². The van der Waals surface area contributed by atoms with Crippen LogP contribution in [0, 0.1) is 18.3 Å². The minimum absolute atomic E-state index is 0.604. The van der Waals surface area contributed by atoms with Gasteiger partial charge in [-0.1, -0.05) is 35.9 Å². The molecule has 2 N–H and O–H groups in total. The van der Waals surface area contributed by atoms with Gasteiger partial charge in [-0.25, -0.2) is 4.98 Å². The van der Waals surface area contributed by atoms with Crippen LogP contribution in [0.1, 0.15) is 22.3 Å². The molecule has 4 rings (SSSR count). The highest BCUT2D eigenvalue weighted by Gasteiger charge is 2.10. The van der Waals surface area contributed by atoms with Gasteiger partial charge in [0, 0.05) is 30.1 Å². The molecule has 0 aliphatic heterocycles. The Morgan fingerprint density at radius 1 is 1.03 bits per heavy atom. The summed E-state index contributed by atoms with van der Waals surface area (Å²) in [6.07, 6.45) is 6.55. The number of benzene rings is 2. The van der Waals surface area contributed by atoms with Crippen molar-refractivity contribution in [2.45, 2.75) is 19.9 Å². The van der Waals surface area contributed by atoms with Gasteiger partial charge in [-0.3, -0.25) is 4.98 Å². The molecule has 0 fully saturated rings. The van der Waals surface area contributed by atoms with Crippen LogP contribution in [-0.2, 0) is 13.0 Å². The fraction of sp³-hybridized carbons (Fsp3) is 0.160. The molecule has 0 spiro atoms. The Hall–Kier alpha value is -3.75. The first kappa shape index (κ1) is 19.6. The van der Waals surface area contributed by atoms with Gasteiger partial charge in [0.2, 0.25) is 0 Å². The largest absolute Gasteiger partial charge is 0.332 e. The molecule has 0 aliphatic carbocycles. The van der Waals surface area contributed by atoms with Gasteiger partial charge in [-0.15, -0.1) is 0 Å². The van der Waals surface area contributed by atoms with E-state index in [1.165, 1.54) is 5.56 Å². The number of nitrogens with two attached hydrogens (primary N) is 1. The number of aryl methyl sites for hydroxylation is 1. The maximum absolute atomic E-state index is 9.37. The molecular weight excluding hydrogens is 370 g/mol. The number of imidazole rings is 1. The number of nitriles is 1. The maximum atomic E-state index is 9.37. The third kappa shape index (κ3) is 4.29. The van der Waals surface area contributed by atoms with Crippen molar-refractivity contribution in [3.8, 4) is 28.6 Å². The fourth-order valence-corrected chi connectivity index (χ4v) is 3.54. The number of hydrogen-bond donors (Lipinski definition) is 1. The molecule has 5 nitrogen and oxygen atoms in total. The Balaban J connectivity index is 1.66. The second kappa shape index (κ2) is 8.73. The summed E-state index contributed by atoms with van der Waals surface area (Å²) in [6.45, 7) is 3.29. The molecule has 0 saturated carbocycles. The van der Waals surface area contributed by atoms with Crippen LogP contribution < -0.4 is 5.73 Å². The average molecular weight is 393 g/mol. The fourth-order valence-electron chi connectivity index (χ4n) is 3.54. The normalized spacial score (nSPS) is 10.7. The van der Waals surface area contributed by atoms with Crippen LogP contribution in [0.3, 0.4) is 0 Å². The average Bonchev–Trinajstić information content (AvgIpc) is 3.23. The van der Waals surface area contributed by atoms with E-state index in [2.05, 4.69) is 47.2 Å². The lowest BCUT2D eigenvalue weighted by Crippen LogP contribution is -2.03. The first-order valence-electron chi connectivity index (χ1n) is 9.93. The van der Waals surface area contributed by atoms with Gasteiger partial charge in [0.1, 0.15) is 0 Å². The summed E-state index contributed by atoms with van der Waals surface area (Å²) in [7, 11) is 0. The summed E-state index contributed by atoms with van der Waals surface area (Å²) in [5, 5.41) is 9.37. The van der Waals surface area contributed by atoms with Crippen molar-refractivity contribution in [3.05, 3.63) is 95.6 Å². The van der Waals surface area contributed by atoms with Crippen molar-refractivity contribution < 1.29 is 0 Å². The Kier molecular flexibility index (Phi) is 5.69. The molecule has 2 heterocycles. The predicted molar refractivity (Wildman–Crippen MR) is 119 cm³/mol. The molecule has 30 heavy (non-hydrogen) atoms. The lowest BCUT2D eigenvalue weighted by molar-refractivity contribution is 0.798. The number of pyridine rings is 1. The zero-order valence-corrected chi connectivity index (χ0v) is 16.9. The zero-order valence-electron chi connectivity index (χ0n) is 16.9. The lowest BCUT2D eigenvalue weighted by atomic mass is 10.0. The van der Waals surface area contributed by atoms with E-state index in [9.17, 15) is 5.26 Å². The van der Waals surface area contributed by atoms with E-state index < -0.39 is 0 Å². The summed E-state index contributed by atoms with van der Waals surface area (Å²) in [5.41, 5.74) is 13.5. The molecule has 0 bridgehead atoms. The third-order valence-electron chi connectivity index (χ3n) is 5.07. The van der Waals surface area contributed by atoms with Crippen molar-refractivity contribution in [2.24, 2.45) is 5.73 Å². The van der Waals surface area contributed by atoms with Crippen molar-refractivity contribution >= 4 is 0 Å². The number of rotatable bonds is 6. The number of hydrogen-bond acceptors (Lipinski definition) is 4. The standard InChI is InChI=1S/C25H23N5/c1-18-3-2-4-21(11-18)25-16-30(17-29-25)15-22-12-20(13-27)5-7-23(22)24-8-6-19(9-10-26)14-28-24/h2-8,11-12,14,16-17H,9-10,15,26H2,1H3. The number of nitrogens with zero attached hydrogens (tertiary/aromatic N) is 4. The van der Waals surface area contributed by atoms with Crippen LogP contribution in [-0.4, -0.2) is 21.1 Å². The minimum atomic E-state index is 0.604. The molecule has 5 heteroatoms. The quantitative estimate of drug-likeness (QED) is 0.528. The van der Waals surface area contributed by atoms with Crippen LogP contribution in [0.25, 0.3) is 22.5 Å². The van der Waals surface area contributed by atoms with Crippen LogP contribution in [0.5, 0.6) is 0 Å². The molecule has 0 unspecified atom stereocenters. The Morgan fingerprint density at radius 2 is 1.93 bits per heavy atom. The summed E-state index contributed by atoms with van der Waals surface area (Å²) in [6, 6.07) is 20.3. The second-order valence-corrected chi connectivity index (χ2v) is 7.37. The van der Waals surface area contributed by atoms with Crippen LogP contribution in [0.15, 0.2) is 73.3 Å². The summed E-state index contributed by atoms with van der Waals surface area (Å²) < 4.78 is 2.04. The zero-order chi connectivity index (χ0) is 20.9. The smallest absolute Gasteiger partial charge is 0.0991 e. The van der Waals surface area contributed by atoms with Gasteiger partial charge in [0.05, 0.1) is 29.3 Å². The number of aromatic nitrogens is 3. The first-order valence-corrected chi connectivity index (χ1v) is 9.93.